The molecule has 1 saturated heterocycles. The molecule has 0 atom stereocenters. The Labute approximate surface area is 138 Å². The quantitative estimate of drug-likeness (QED) is 0.667. The zero-order valence-corrected chi connectivity index (χ0v) is 13.0. The molecule has 124 valence electrons. The van der Waals surface area contributed by atoms with Crippen molar-refractivity contribution in [2.24, 2.45) is 0 Å². The Morgan fingerprint density at radius 3 is 2.58 bits per heavy atom. The first-order valence-electron chi connectivity index (χ1n) is 7.72. The van der Waals surface area contributed by atoms with Crippen LogP contribution in [0.2, 0.25) is 0 Å². The lowest BCUT2D eigenvalue weighted by Gasteiger charge is -2.16. The number of amides is 1. The van der Waals surface area contributed by atoms with Crippen LogP contribution in [0, 0.1) is 10.1 Å². The predicted octanol–water partition coefficient (Wildman–Crippen LogP) is 2.17. The minimum atomic E-state index is -0.468. The van der Waals surface area contributed by atoms with E-state index in [1.807, 2.05) is 0 Å². The molecule has 8 heteroatoms. The molecule has 0 saturated carbocycles. The van der Waals surface area contributed by atoms with Gasteiger partial charge in [0.15, 0.2) is 0 Å². The van der Waals surface area contributed by atoms with Crippen LogP contribution in [-0.2, 0) is 11.2 Å². The van der Waals surface area contributed by atoms with Gasteiger partial charge >= 0.3 is 0 Å². The summed E-state index contributed by atoms with van der Waals surface area (Å²) in [5, 5.41) is 13.4. The van der Waals surface area contributed by atoms with Gasteiger partial charge < -0.3 is 10.2 Å². The van der Waals surface area contributed by atoms with Crippen LogP contribution >= 0.6 is 0 Å². The Bertz CT molecular complexity index is 742. The molecule has 2 heterocycles. The number of hydrogen-bond donors (Lipinski definition) is 1. The topological polar surface area (TPSA) is 101 Å². The average molecular weight is 327 g/mol. The fourth-order valence-electron chi connectivity index (χ4n) is 2.64. The van der Waals surface area contributed by atoms with Gasteiger partial charge in [0.25, 0.3) is 5.69 Å². The van der Waals surface area contributed by atoms with Crippen molar-refractivity contribution in [1.29, 1.82) is 0 Å². The summed E-state index contributed by atoms with van der Waals surface area (Å²) in [5.74, 6) is 1.04. The van der Waals surface area contributed by atoms with E-state index in [4.69, 9.17) is 0 Å². The van der Waals surface area contributed by atoms with Gasteiger partial charge in [-0.25, -0.2) is 9.97 Å². The van der Waals surface area contributed by atoms with Crippen molar-refractivity contribution in [3.05, 3.63) is 52.3 Å². The number of nitrogens with one attached hydrogen (secondary N) is 1. The molecule has 1 aliphatic rings. The van der Waals surface area contributed by atoms with E-state index >= 15 is 0 Å². The normalized spacial score (nSPS) is 13.8. The number of carbonyl (C=O) groups excluding carboxylic acids is 1. The van der Waals surface area contributed by atoms with Gasteiger partial charge in [-0.1, -0.05) is 12.1 Å². The minimum Gasteiger partial charge on any atom is -0.356 e. The molecule has 1 aromatic heterocycles. The molecule has 1 aromatic carbocycles. The van der Waals surface area contributed by atoms with Gasteiger partial charge in [-0.05, 0) is 18.4 Å². The summed E-state index contributed by atoms with van der Waals surface area (Å²) >= 11 is 0. The highest BCUT2D eigenvalue weighted by Gasteiger charge is 2.15. The van der Waals surface area contributed by atoms with Crippen LogP contribution in [0.1, 0.15) is 18.4 Å². The fourth-order valence-corrected chi connectivity index (χ4v) is 2.64. The lowest BCUT2D eigenvalue weighted by atomic mass is 10.1. The van der Waals surface area contributed by atoms with Crippen molar-refractivity contribution in [3.63, 3.8) is 0 Å². The number of nitro groups is 1. The van der Waals surface area contributed by atoms with E-state index in [1.165, 1.54) is 18.5 Å². The first kappa shape index (κ1) is 15.9. The van der Waals surface area contributed by atoms with Crippen LogP contribution in [0.15, 0.2) is 36.7 Å². The molecule has 24 heavy (non-hydrogen) atoms. The lowest BCUT2D eigenvalue weighted by molar-refractivity contribution is -0.384. The molecule has 1 amide bonds. The molecular weight excluding hydrogens is 310 g/mol. The second kappa shape index (κ2) is 7.03. The lowest BCUT2D eigenvalue weighted by Crippen LogP contribution is -2.20. The first-order valence-corrected chi connectivity index (χ1v) is 7.72. The Balaban J connectivity index is 1.62. The summed E-state index contributed by atoms with van der Waals surface area (Å²) in [7, 11) is 0. The molecule has 0 unspecified atom stereocenters. The second-order valence-corrected chi connectivity index (χ2v) is 5.60. The maximum Gasteiger partial charge on any atom is 0.269 e. The summed E-state index contributed by atoms with van der Waals surface area (Å²) < 4.78 is 0. The summed E-state index contributed by atoms with van der Waals surface area (Å²) in [6.07, 6.45) is 3.86. The molecule has 2 aromatic rings. The van der Waals surface area contributed by atoms with Crippen molar-refractivity contribution >= 4 is 23.2 Å². The monoisotopic (exact) mass is 327 g/mol. The largest absolute Gasteiger partial charge is 0.356 e. The zero-order chi connectivity index (χ0) is 16.9. The SMILES string of the molecule is O=C(Cc1ccc([N+](=O)[O-])cc1)Nc1cc(N2CCCC2)ncn1. The highest BCUT2D eigenvalue weighted by Crippen LogP contribution is 2.19. The van der Waals surface area contributed by atoms with E-state index in [0.717, 1.165) is 31.7 Å². The van der Waals surface area contributed by atoms with E-state index in [2.05, 4.69) is 20.2 Å². The number of anilines is 2. The number of nitrogens with zero attached hydrogens (tertiary/aromatic N) is 4. The third kappa shape index (κ3) is 3.83. The number of nitro benzene ring substituents is 1. The van der Waals surface area contributed by atoms with E-state index in [9.17, 15) is 14.9 Å². The second-order valence-electron chi connectivity index (χ2n) is 5.60. The highest BCUT2D eigenvalue weighted by molar-refractivity contribution is 5.91. The standard InChI is InChI=1S/C16H17N5O3/c22-16(9-12-3-5-13(6-4-12)21(23)24)19-14-10-15(18-11-17-14)20-7-1-2-8-20/h3-6,10-11H,1-2,7-9H2,(H,17,18,19,22). The van der Waals surface area contributed by atoms with Crippen LogP contribution < -0.4 is 10.2 Å². The molecule has 0 radical (unpaired) electrons. The van der Waals surface area contributed by atoms with Gasteiger partial charge in [-0.2, -0.15) is 0 Å². The van der Waals surface area contributed by atoms with Crippen molar-refractivity contribution in [3.8, 4) is 0 Å². The number of hydrogen-bond acceptors (Lipinski definition) is 6. The van der Waals surface area contributed by atoms with E-state index in [1.54, 1.807) is 18.2 Å². The Morgan fingerprint density at radius 2 is 1.92 bits per heavy atom. The van der Waals surface area contributed by atoms with Crippen molar-refractivity contribution in [2.45, 2.75) is 19.3 Å². The minimum absolute atomic E-state index is 0.00483. The van der Waals surface area contributed by atoms with Gasteiger partial charge in [0.05, 0.1) is 11.3 Å². The third-order valence-corrected chi connectivity index (χ3v) is 3.86. The molecule has 1 fully saturated rings. The van der Waals surface area contributed by atoms with Gasteiger partial charge in [-0.3, -0.25) is 14.9 Å². The van der Waals surface area contributed by atoms with Gasteiger partial charge in [0.1, 0.15) is 18.0 Å². The molecule has 1 aliphatic heterocycles. The van der Waals surface area contributed by atoms with E-state index < -0.39 is 4.92 Å². The first-order chi connectivity index (χ1) is 11.6. The third-order valence-electron chi connectivity index (χ3n) is 3.86. The van der Waals surface area contributed by atoms with Gasteiger partial charge in [0, 0.05) is 31.3 Å². The fraction of sp³-hybridized carbons (Fsp3) is 0.312. The molecule has 0 bridgehead atoms. The highest BCUT2D eigenvalue weighted by atomic mass is 16.6. The van der Waals surface area contributed by atoms with Crippen LogP contribution in [0.5, 0.6) is 0 Å². The molecule has 0 aliphatic carbocycles. The number of non-ortho nitro benzene ring substituents is 1. The molecular formula is C16H17N5O3. The average Bonchev–Trinajstić information content (AvgIpc) is 3.10. The van der Waals surface area contributed by atoms with Gasteiger partial charge in [-0.15, -0.1) is 0 Å². The maximum absolute atomic E-state index is 12.1. The van der Waals surface area contributed by atoms with E-state index in [0.29, 0.717) is 11.4 Å². The zero-order valence-electron chi connectivity index (χ0n) is 13.0. The summed E-state index contributed by atoms with van der Waals surface area (Å²) in [6.45, 7) is 1.93. The van der Waals surface area contributed by atoms with Crippen LogP contribution in [0.25, 0.3) is 0 Å². The maximum atomic E-state index is 12.1. The predicted molar refractivity (Wildman–Crippen MR) is 88.9 cm³/mol. The number of benzene rings is 1. The van der Waals surface area contributed by atoms with Crippen LogP contribution in [0.4, 0.5) is 17.3 Å². The Morgan fingerprint density at radius 1 is 1.21 bits per heavy atom. The molecule has 8 nitrogen and oxygen atoms in total. The molecule has 3 rings (SSSR count). The van der Waals surface area contributed by atoms with Crippen molar-refractivity contribution < 1.29 is 9.72 Å². The molecule has 1 N–H and O–H groups in total. The number of aromatic nitrogens is 2. The number of carbonyl (C=O) groups is 1. The number of rotatable bonds is 5. The smallest absolute Gasteiger partial charge is 0.269 e. The Hall–Kier alpha value is -3.03. The summed E-state index contributed by atoms with van der Waals surface area (Å²) in [5.41, 5.74) is 0.706. The summed E-state index contributed by atoms with van der Waals surface area (Å²) in [4.78, 5) is 32.7. The van der Waals surface area contributed by atoms with Gasteiger partial charge in [0.2, 0.25) is 5.91 Å². The van der Waals surface area contributed by atoms with Crippen LogP contribution in [0.3, 0.4) is 0 Å². The van der Waals surface area contributed by atoms with Crippen LogP contribution in [-0.4, -0.2) is 33.9 Å². The Kier molecular flexibility index (Phi) is 4.64. The van der Waals surface area contributed by atoms with Crippen molar-refractivity contribution in [1.82, 2.24) is 9.97 Å². The summed E-state index contributed by atoms with van der Waals surface area (Å²) in [6, 6.07) is 7.69. The molecule has 0 spiro atoms. The van der Waals surface area contributed by atoms with E-state index in [-0.39, 0.29) is 18.0 Å². The van der Waals surface area contributed by atoms with Crippen molar-refractivity contribution in [2.75, 3.05) is 23.3 Å².